The van der Waals surface area contributed by atoms with Crippen LogP contribution >= 0.6 is 0 Å². The van der Waals surface area contributed by atoms with E-state index in [1.807, 2.05) is 0 Å². The van der Waals surface area contributed by atoms with Crippen molar-refractivity contribution in [1.82, 2.24) is 0 Å². The van der Waals surface area contributed by atoms with Gasteiger partial charge in [-0.2, -0.15) is 0 Å². The number of allylic oxidation sites excluding steroid dienone is 1. The van der Waals surface area contributed by atoms with Gasteiger partial charge in [0.15, 0.2) is 0 Å². The van der Waals surface area contributed by atoms with Crippen LogP contribution in [0.2, 0.25) is 0 Å². The molecule has 1 nitrogen and oxygen atoms in total. The van der Waals surface area contributed by atoms with Gasteiger partial charge in [0.2, 0.25) is 0 Å². The first-order chi connectivity index (χ1) is 5.26. The maximum atomic E-state index is 5.42. The summed E-state index contributed by atoms with van der Waals surface area (Å²) in [5, 5.41) is 0. The summed E-state index contributed by atoms with van der Waals surface area (Å²) < 4.78 is 0. The molecule has 0 aromatic heterocycles. The van der Waals surface area contributed by atoms with E-state index in [-0.39, 0.29) is 0 Å². The van der Waals surface area contributed by atoms with Crippen molar-refractivity contribution in [3.05, 3.63) is 11.6 Å². The van der Waals surface area contributed by atoms with Gasteiger partial charge >= 0.3 is 0 Å². The highest BCUT2D eigenvalue weighted by Gasteiger charge is 2.03. The average Bonchev–Trinajstić information content (AvgIpc) is 2.03. The minimum atomic E-state index is 0.775. The Morgan fingerprint density at radius 2 is 1.91 bits per heavy atom. The molecule has 0 heterocycles. The van der Waals surface area contributed by atoms with Crippen molar-refractivity contribution in [2.24, 2.45) is 11.7 Å². The summed E-state index contributed by atoms with van der Waals surface area (Å²) in [5.41, 5.74) is 6.93. The van der Waals surface area contributed by atoms with E-state index in [1.165, 1.54) is 18.4 Å². The lowest BCUT2D eigenvalue weighted by Crippen LogP contribution is -2.01. The van der Waals surface area contributed by atoms with Gasteiger partial charge in [-0.25, -0.2) is 0 Å². The Labute approximate surface area is 70.7 Å². The van der Waals surface area contributed by atoms with Crippen LogP contribution in [0.15, 0.2) is 11.6 Å². The van der Waals surface area contributed by atoms with Crippen LogP contribution in [0.3, 0.4) is 0 Å². The fraction of sp³-hybridized carbons (Fsp3) is 0.800. The van der Waals surface area contributed by atoms with E-state index in [0.717, 1.165) is 18.9 Å². The Hall–Kier alpha value is -0.300. The SMILES string of the molecule is CCC(CC)C(C)=CCCN. The molecule has 0 saturated heterocycles. The third-order valence-corrected chi connectivity index (χ3v) is 2.26. The summed E-state index contributed by atoms with van der Waals surface area (Å²) in [5.74, 6) is 0.779. The third kappa shape index (κ3) is 4.20. The molecule has 0 radical (unpaired) electrons. The van der Waals surface area contributed by atoms with Crippen LogP contribution in [-0.2, 0) is 0 Å². The molecule has 0 aliphatic rings. The Bertz CT molecular complexity index is 112. The molecule has 0 aromatic rings. The molecule has 0 aromatic carbocycles. The Kier molecular flexibility index (Phi) is 6.24. The predicted octanol–water partition coefficient (Wildman–Crippen LogP) is 2.72. The fourth-order valence-electron chi connectivity index (χ4n) is 1.41. The first-order valence-electron chi connectivity index (χ1n) is 4.62. The molecular weight excluding hydrogens is 134 g/mol. The Balaban J connectivity index is 3.85. The minimum Gasteiger partial charge on any atom is -0.330 e. The molecule has 0 aliphatic heterocycles. The second kappa shape index (κ2) is 6.41. The lowest BCUT2D eigenvalue weighted by molar-refractivity contribution is 0.569. The van der Waals surface area contributed by atoms with Crippen molar-refractivity contribution in [2.75, 3.05) is 6.54 Å². The topological polar surface area (TPSA) is 26.0 Å². The normalized spacial score (nSPS) is 12.6. The van der Waals surface area contributed by atoms with Gasteiger partial charge in [-0.1, -0.05) is 25.5 Å². The van der Waals surface area contributed by atoms with Crippen LogP contribution in [0.4, 0.5) is 0 Å². The van der Waals surface area contributed by atoms with Crippen LogP contribution in [0.1, 0.15) is 40.0 Å². The van der Waals surface area contributed by atoms with Crippen molar-refractivity contribution >= 4 is 0 Å². The molecule has 0 amide bonds. The van der Waals surface area contributed by atoms with Gasteiger partial charge in [-0.3, -0.25) is 0 Å². The van der Waals surface area contributed by atoms with Crippen LogP contribution in [0.25, 0.3) is 0 Å². The van der Waals surface area contributed by atoms with Gasteiger partial charge in [0.1, 0.15) is 0 Å². The smallest absolute Gasteiger partial charge is 0.00425 e. The zero-order valence-corrected chi connectivity index (χ0v) is 8.06. The zero-order valence-electron chi connectivity index (χ0n) is 8.06. The summed E-state index contributed by atoms with van der Waals surface area (Å²) in [6, 6.07) is 0. The van der Waals surface area contributed by atoms with Gasteiger partial charge in [-0.05, 0) is 38.6 Å². The van der Waals surface area contributed by atoms with Crippen LogP contribution in [0.5, 0.6) is 0 Å². The van der Waals surface area contributed by atoms with E-state index in [1.54, 1.807) is 0 Å². The molecule has 0 unspecified atom stereocenters. The molecule has 66 valence electrons. The molecule has 11 heavy (non-hydrogen) atoms. The van der Waals surface area contributed by atoms with Crippen LogP contribution in [0, 0.1) is 5.92 Å². The average molecular weight is 155 g/mol. The van der Waals surface area contributed by atoms with Gasteiger partial charge in [0, 0.05) is 0 Å². The Morgan fingerprint density at radius 1 is 1.36 bits per heavy atom. The van der Waals surface area contributed by atoms with Gasteiger partial charge < -0.3 is 5.73 Å². The van der Waals surface area contributed by atoms with Gasteiger partial charge in [0.25, 0.3) is 0 Å². The van der Waals surface area contributed by atoms with E-state index >= 15 is 0 Å². The monoisotopic (exact) mass is 155 g/mol. The van der Waals surface area contributed by atoms with Gasteiger partial charge in [0.05, 0.1) is 0 Å². The van der Waals surface area contributed by atoms with E-state index < -0.39 is 0 Å². The van der Waals surface area contributed by atoms with Gasteiger partial charge in [-0.15, -0.1) is 0 Å². The molecule has 1 heteroatoms. The van der Waals surface area contributed by atoms with Crippen molar-refractivity contribution < 1.29 is 0 Å². The summed E-state index contributed by atoms with van der Waals surface area (Å²) in [7, 11) is 0. The van der Waals surface area contributed by atoms with Crippen LogP contribution in [-0.4, -0.2) is 6.54 Å². The first-order valence-corrected chi connectivity index (χ1v) is 4.62. The van der Waals surface area contributed by atoms with Crippen molar-refractivity contribution in [1.29, 1.82) is 0 Å². The highest BCUT2D eigenvalue weighted by molar-refractivity contribution is 5.02. The first kappa shape index (κ1) is 10.7. The maximum Gasteiger partial charge on any atom is -0.00425 e. The second-order valence-electron chi connectivity index (χ2n) is 3.04. The number of nitrogens with two attached hydrogens (primary N) is 1. The summed E-state index contributed by atoms with van der Waals surface area (Å²) >= 11 is 0. The molecule has 0 rings (SSSR count). The zero-order chi connectivity index (χ0) is 8.69. The van der Waals surface area contributed by atoms with Crippen LogP contribution < -0.4 is 5.73 Å². The summed E-state index contributed by atoms with van der Waals surface area (Å²) in [4.78, 5) is 0. The lowest BCUT2D eigenvalue weighted by atomic mass is 9.94. The standard InChI is InChI=1S/C10H21N/c1-4-10(5-2)9(3)7-6-8-11/h7,10H,4-6,8,11H2,1-3H3. The molecule has 0 fully saturated rings. The fourth-order valence-corrected chi connectivity index (χ4v) is 1.41. The predicted molar refractivity (Wildman–Crippen MR) is 51.5 cm³/mol. The summed E-state index contributed by atoms with van der Waals surface area (Å²) in [6.45, 7) is 7.48. The van der Waals surface area contributed by atoms with Crippen molar-refractivity contribution in [2.45, 2.75) is 40.0 Å². The highest BCUT2D eigenvalue weighted by atomic mass is 14.5. The maximum absolute atomic E-state index is 5.42. The molecule has 0 aliphatic carbocycles. The molecule has 2 N–H and O–H groups in total. The largest absolute Gasteiger partial charge is 0.330 e. The highest BCUT2D eigenvalue weighted by Crippen LogP contribution is 2.18. The van der Waals surface area contributed by atoms with Crippen molar-refractivity contribution in [3.63, 3.8) is 0 Å². The molecule has 0 saturated carbocycles. The number of hydrogen-bond acceptors (Lipinski definition) is 1. The number of hydrogen-bond donors (Lipinski definition) is 1. The third-order valence-electron chi connectivity index (χ3n) is 2.26. The van der Waals surface area contributed by atoms with E-state index in [2.05, 4.69) is 26.8 Å². The van der Waals surface area contributed by atoms with E-state index in [9.17, 15) is 0 Å². The number of rotatable bonds is 5. The van der Waals surface area contributed by atoms with E-state index in [4.69, 9.17) is 5.73 Å². The molecule has 0 atom stereocenters. The van der Waals surface area contributed by atoms with E-state index in [0.29, 0.717) is 0 Å². The Morgan fingerprint density at radius 3 is 2.27 bits per heavy atom. The second-order valence-corrected chi connectivity index (χ2v) is 3.04. The quantitative estimate of drug-likeness (QED) is 0.607. The minimum absolute atomic E-state index is 0.775. The molecular formula is C10H21N. The summed E-state index contributed by atoms with van der Waals surface area (Å²) in [6.07, 6.45) is 5.81. The molecule has 0 bridgehead atoms. The molecule has 0 spiro atoms. The van der Waals surface area contributed by atoms with Crippen molar-refractivity contribution in [3.8, 4) is 0 Å². The lowest BCUT2D eigenvalue weighted by Gasteiger charge is -2.12.